The van der Waals surface area contributed by atoms with Crippen molar-refractivity contribution >= 4 is 18.0 Å². The average molecular weight is 465 g/mol. The largest absolute Gasteiger partial charge is 0.480 e. The summed E-state index contributed by atoms with van der Waals surface area (Å²) in [4.78, 5) is 39.5. The van der Waals surface area contributed by atoms with Gasteiger partial charge in [-0.1, -0.05) is 68.8 Å². The molecule has 3 atom stereocenters. The van der Waals surface area contributed by atoms with Crippen LogP contribution in [-0.2, 0) is 14.3 Å². The summed E-state index contributed by atoms with van der Waals surface area (Å²) in [7, 11) is 0. The van der Waals surface area contributed by atoms with E-state index in [-0.39, 0.29) is 24.3 Å². The van der Waals surface area contributed by atoms with Gasteiger partial charge in [-0.05, 0) is 47.9 Å². The highest BCUT2D eigenvalue weighted by atomic mass is 16.5. The van der Waals surface area contributed by atoms with E-state index < -0.39 is 23.6 Å². The molecule has 0 radical (unpaired) electrons. The Morgan fingerprint density at radius 2 is 1.71 bits per heavy atom. The predicted octanol–water partition coefficient (Wildman–Crippen LogP) is 4.41. The zero-order chi connectivity index (χ0) is 24.5. The van der Waals surface area contributed by atoms with Gasteiger partial charge in [-0.25, -0.2) is 9.59 Å². The molecule has 0 spiro atoms. The maximum Gasteiger partial charge on any atom is 0.407 e. The van der Waals surface area contributed by atoms with E-state index in [1.807, 2.05) is 50.2 Å². The quantitative estimate of drug-likeness (QED) is 0.633. The Morgan fingerprint density at radius 3 is 2.26 bits per heavy atom. The lowest BCUT2D eigenvalue weighted by molar-refractivity contribution is -0.156. The van der Waals surface area contributed by atoms with Crippen molar-refractivity contribution in [2.24, 2.45) is 5.92 Å². The summed E-state index contributed by atoms with van der Waals surface area (Å²) >= 11 is 0. The van der Waals surface area contributed by atoms with Gasteiger partial charge < -0.3 is 20.1 Å². The fraction of sp³-hybridized carbons (Fsp3) is 0.444. The molecule has 0 saturated carbocycles. The van der Waals surface area contributed by atoms with Crippen LogP contribution >= 0.6 is 0 Å². The molecular formula is C27H32N2O5. The van der Waals surface area contributed by atoms with Crippen molar-refractivity contribution in [3.63, 3.8) is 0 Å². The molecule has 1 saturated heterocycles. The van der Waals surface area contributed by atoms with Gasteiger partial charge in [0.25, 0.3) is 0 Å². The number of hydrogen-bond donors (Lipinski definition) is 2. The fourth-order valence-corrected chi connectivity index (χ4v) is 5.16. The van der Waals surface area contributed by atoms with Crippen LogP contribution in [0.15, 0.2) is 48.5 Å². The lowest BCUT2D eigenvalue weighted by Crippen LogP contribution is -2.58. The third kappa shape index (κ3) is 4.15. The van der Waals surface area contributed by atoms with Gasteiger partial charge in [0.2, 0.25) is 5.91 Å². The number of aliphatic carboxylic acids is 1. The summed E-state index contributed by atoms with van der Waals surface area (Å²) in [5.41, 5.74) is 3.25. The molecule has 0 bridgehead atoms. The second-order valence-electron chi connectivity index (χ2n) is 9.51. The van der Waals surface area contributed by atoms with Crippen molar-refractivity contribution in [3.8, 4) is 11.1 Å². The number of nitrogens with one attached hydrogen (secondary N) is 1. The van der Waals surface area contributed by atoms with Gasteiger partial charge >= 0.3 is 12.1 Å². The number of nitrogens with zero attached hydrogens (tertiary/aromatic N) is 1. The minimum absolute atomic E-state index is 0.0789. The fourth-order valence-electron chi connectivity index (χ4n) is 5.16. The third-order valence-electron chi connectivity index (χ3n) is 7.46. The number of ether oxygens (including phenoxy) is 1. The first kappa shape index (κ1) is 23.8. The van der Waals surface area contributed by atoms with E-state index in [0.29, 0.717) is 25.8 Å². The van der Waals surface area contributed by atoms with Crippen LogP contribution in [0.25, 0.3) is 11.1 Å². The van der Waals surface area contributed by atoms with Crippen LogP contribution in [0.5, 0.6) is 0 Å². The molecular weight excluding hydrogens is 432 g/mol. The first-order valence-corrected chi connectivity index (χ1v) is 11.9. The highest BCUT2D eigenvalue weighted by Gasteiger charge is 2.48. The monoisotopic (exact) mass is 464 g/mol. The Bertz CT molecular complexity index is 1050. The first-order valence-electron chi connectivity index (χ1n) is 11.9. The summed E-state index contributed by atoms with van der Waals surface area (Å²) in [5.74, 6) is -1.65. The molecule has 1 aliphatic heterocycles. The van der Waals surface area contributed by atoms with Gasteiger partial charge in [-0.2, -0.15) is 0 Å². The van der Waals surface area contributed by atoms with Gasteiger partial charge in [0, 0.05) is 12.5 Å². The van der Waals surface area contributed by atoms with E-state index >= 15 is 0 Å². The molecule has 2 N–H and O–H groups in total. The summed E-state index contributed by atoms with van der Waals surface area (Å²) in [6.07, 6.45) is 0.994. The molecule has 2 amide bonds. The average Bonchev–Trinajstić information content (AvgIpc) is 3.39. The second kappa shape index (κ2) is 9.49. The normalized spacial score (nSPS) is 20.9. The SMILES string of the molecule is CCC(C)[C@H](NC(=O)OCC1c2ccccc2-c2ccccc21)C(=O)N1CCCC1(C)C(=O)O. The number of carbonyl (C=O) groups excluding carboxylic acids is 2. The van der Waals surface area contributed by atoms with Gasteiger partial charge in [-0.3, -0.25) is 4.79 Å². The molecule has 7 nitrogen and oxygen atoms in total. The lowest BCUT2D eigenvalue weighted by Gasteiger charge is -2.35. The van der Waals surface area contributed by atoms with Gasteiger partial charge in [0.1, 0.15) is 18.2 Å². The minimum atomic E-state index is -1.26. The number of rotatable bonds is 7. The van der Waals surface area contributed by atoms with Crippen molar-refractivity contribution in [1.29, 1.82) is 0 Å². The third-order valence-corrected chi connectivity index (χ3v) is 7.46. The number of likely N-dealkylation sites (tertiary alicyclic amines) is 1. The van der Waals surface area contributed by atoms with Crippen molar-refractivity contribution in [2.75, 3.05) is 13.2 Å². The molecule has 7 heteroatoms. The zero-order valence-corrected chi connectivity index (χ0v) is 19.9. The minimum Gasteiger partial charge on any atom is -0.480 e. The molecule has 0 aromatic heterocycles. The first-order chi connectivity index (χ1) is 16.3. The number of fused-ring (bicyclic) bond motifs is 3. The molecule has 2 aromatic carbocycles. The standard InChI is InChI=1S/C27H32N2O5/c1-4-17(2)23(24(30)29-15-9-14-27(29,3)25(31)32)28-26(33)34-16-22-20-12-7-5-10-18(20)19-11-6-8-13-21(19)22/h5-8,10-13,17,22-23H,4,9,14-16H2,1-3H3,(H,28,33)(H,31,32)/t17?,23-,27?/m0/s1. The van der Waals surface area contributed by atoms with E-state index in [2.05, 4.69) is 17.4 Å². The number of benzene rings is 2. The molecule has 4 rings (SSSR count). The van der Waals surface area contributed by atoms with Crippen LogP contribution in [0.4, 0.5) is 4.79 Å². The van der Waals surface area contributed by atoms with E-state index in [1.54, 1.807) is 6.92 Å². The van der Waals surface area contributed by atoms with Gasteiger partial charge in [0.15, 0.2) is 0 Å². The summed E-state index contributed by atoms with van der Waals surface area (Å²) < 4.78 is 5.64. The molecule has 34 heavy (non-hydrogen) atoms. The van der Waals surface area contributed by atoms with E-state index in [1.165, 1.54) is 4.90 Å². The van der Waals surface area contributed by atoms with E-state index in [0.717, 1.165) is 22.3 Å². The highest BCUT2D eigenvalue weighted by Crippen LogP contribution is 2.44. The number of amides is 2. The summed E-state index contributed by atoms with van der Waals surface area (Å²) in [5, 5.41) is 12.5. The summed E-state index contributed by atoms with van der Waals surface area (Å²) in [6.45, 7) is 5.89. The molecule has 2 unspecified atom stereocenters. The Balaban J connectivity index is 1.47. The van der Waals surface area contributed by atoms with Crippen molar-refractivity contribution in [1.82, 2.24) is 10.2 Å². The molecule has 180 valence electrons. The number of carbonyl (C=O) groups is 3. The molecule has 1 heterocycles. The van der Waals surface area contributed by atoms with Crippen molar-refractivity contribution in [3.05, 3.63) is 59.7 Å². The van der Waals surface area contributed by atoms with Gasteiger partial charge in [-0.15, -0.1) is 0 Å². The van der Waals surface area contributed by atoms with Crippen LogP contribution < -0.4 is 5.32 Å². The Morgan fingerprint density at radius 1 is 1.12 bits per heavy atom. The topological polar surface area (TPSA) is 95.9 Å². The lowest BCUT2D eigenvalue weighted by atomic mass is 9.94. The van der Waals surface area contributed by atoms with E-state index in [9.17, 15) is 19.5 Å². The summed E-state index contributed by atoms with van der Waals surface area (Å²) in [6, 6.07) is 15.3. The molecule has 2 aromatic rings. The van der Waals surface area contributed by atoms with Crippen LogP contribution in [0.2, 0.25) is 0 Å². The second-order valence-corrected chi connectivity index (χ2v) is 9.51. The molecule has 1 fully saturated rings. The van der Waals surface area contributed by atoms with Crippen LogP contribution in [0, 0.1) is 5.92 Å². The number of carboxylic acid groups (broad SMARTS) is 1. The van der Waals surface area contributed by atoms with Crippen LogP contribution in [0.3, 0.4) is 0 Å². The molecule has 2 aliphatic rings. The number of alkyl carbamates (subject to hydrolysis) is 1. The molecule has 1 aliphatic carbocycles. The van der Waals surface area contributed by atoms with Crippen molar-refractivity contribution in [2.45, 2.75) is 57.5 Å². The number of carboxylic acids is 1. The Kier molecular flexibility index (Phi) is 6.64. The maximum atomic E-state index is 13.4. The maximum absolute atomic E-state index is 13.4. The van der Waals surface area contributed by atoms with Crippen LogP contribution in [-0.4, -0.2) is 52.7 Å². The highest BCUT2D eigenvalue weighted by molar-refractivity contribution is 5.92. The van der Waals surface area contributed by atoms with Gasteiger partial charge in [0.05, 0.1) is 0 Å². The smallest absolute Gasteiger partial charge is 0.407 e. The van der Waals surface area contributed by atoms with Crippen molar-refractivity contribution < 1.29 is 24.2 Å². The van der Waals surface area contributed by atoms with E-state index in [4.69, 9.17) is 4.74 Å². The Hall–Kier alpha value is -3.35. The Labute approximate surface area is 200 Å². The predicted molar refractivity (Wildman–Crippen MR) is 128 cm³/mol. The number of hydrogen-bond acceptors (Lipinski definition) is 4. The zero-order valence-electron chi connectivity index (χ0n) is 19.9. The van der Waals surface area contributed by atoms with Crippen LogP contribution in [0.1, 0.15) is 57.1 Å².